The normalized spacial score (nSPS) is 13.6. The molecule has 1 unspecified atom stereocenters. The van der Waals surface area contributed by atoms with Crippen molar-refractivity contribution in [1.29, 1.82) is 0 Å². The molecule has 0 fully saturated rings. The zero-order valence-electron chi connectivity index (χ0n) is 11.5. The summed E-state index contributed by atoms with van der Waals surface area (Å²) in [4.78, 5) is 16.2. The summed E-state index contributed by atoms with van der Waals surface area (Å²) < 4.78 is 1.90. The molecule has 1 atom stereocenters. The number of hydrogen-bond acceptors (Lipinski definition) is 4. The molecule has 0 bridgehead atoms. The van der Waals surface area contributed by atoms with Gasteiger partial charge in [0.05, 0.1) is 0 Å². The van der Waals surface area contributed by atoms with Gasteiger partial charge in [0.25, 0.3) is 0 Å². The molecule has 106 valence electrons. The summed E-state index contributed by atoms with van der Waals surface area (Å²) in [5, 5.41) is 14.4. The van der Waals surface area contributed by atoms with Crippen molar-refractivity contribution < 1.29 is 10.0 Å². The Labute approximate surface area is 112 Å². The molecule has 0 aliphatic heterocycles. The van der Waals surface area contributed by atoms with Gasteiger partial charge in [-0.1, -0.05) is 19.0 Å². The Morgan fingerprint density at radius 3 is 2.79 bits per heavy atom. The van der Waals surface area contributed by atoms with Crippen LogP contribution in [0, 0.1) is 11.8 Å². The summed E-state index contributed by atoms with van der Waals surface area (Å²) in [7, 11) is 1.90. The SMILES string of the molecule is CC(C)C(C(=O)NCCc1nccn1C)C(N)=NO. The third kappa shape index (κ3) is 3.97. The third-order valence-electron chi connectivity index (χ3n) is 2.95. The van der Waals surface area contributed by atoms with Crippen molar-refractivity contribution >= 4 is 11.7 Å². The van der Waals surface area contributed by atoms with E-state index in [9.17, 15) is 4.79 Å². The van der Waals surface area contributed by atoms with E-state index in [-0.39, 0.29) is 17.7 Å². The first-order valence-electron chi connectivity index (χ1n) is 6.18. The van der Waals surface area contributed by atoms with Crippen molar-refractivity contribution in [3.8, 4) is 0 Å². The van der Waals surface area contributed by atoms with Gasteiger partial charge in [0.2, 0.25) is 5.91 Å². The van der Waals surface area contributed by atoms with Gasteiger partial charge in [0.15, 0.2) is 5.84 Å². The number of amidine groups is 1. The Morgan fingerprint density at radius 1 is 1.63 bits per heavy atom. The maximum absolute atomic E-state index is 12.0. The van der Waals surface area contributed by atoms with E-state index < -0.39 is 5.92 Å². The minimum absolute atomic E-state index is 0.0379. The van der Waals surface area contributed by atoms with Gasteiger partial charge in [-0.3, -0.25) is 4.79 Å². The number of oxime groups is 1. The van der Waals surface area contributed by atoms with Gasteiger partial charge in [-0.05, 0) is 5.92 Å². The van der Waals surface area contributed by atoms with Crippen molar-refractivity contribution in [3.05, 3.63) is 18.2 Å². The van der Waals surface area contributed by atoms with Crippen LogP contribution in [0.4, 0.5) is 0 Å². The average Bonchev–Trinajstić information content (AvgIpc) is 2.74. The van der Waals surface area contributed by atoms with Gasteiger partial charge >= 0.3 is 0 Å². The number of carbonyl (C=O) groups is 1. The molecule has 1 aromatic rings. The van der Waals surface area contributed by atoms with Gasteiger partial charge < -0.3 is 20.8 Å². The fourth-order valence-corrected chi connectivity index (χ4v) is 1.89. The van der Waals surface area contributed by atoms with Crippen LogP contribution < -0.4 is 11.1 Å². The van der Waals surface area contributed by atoms with Crippen LogP contribution >= 0.6 is 0 Å². The van der Waals surface area contributed by atoms with Crippen LogP contribution in [0.3, 0.4) is 0 Å². The lowest BCUT2D eigenvalue weighted by Gasteiger charge is -2.18. The number of rotatable bonds is 6. The Kier molecular flexibility index (Phi) is 5.35. The predicted molar refractivity (Wildman–Crippen MR) is 71.7 cm³/mol. The first-order valence-corrected chi connectivity index (χ1v) is 6.18. The van der Waals surface area contributed by atoms with Crippen LogP contribution in [0.5, 0.6) is 0 Å². The third-order valence-corrected chi connectivity index (χ3v) is 2.95. The summed E-state index contributed by atoms with van der Waals surface area (Å²) in [5.41, 5.74) is 5.53. The fourth-order valence-electron chi connectivity index (χ4n) is 1.89. The molecule has 1 heterocycles. The topological polar surface area (TPSA) is 106 Å². The van der Waals surface area contributed by atoms with E-state index in [4.69, 9.17) is 10.9 Å². The highest BCUT2D eigenvalue weighted by molar-refractivity contribution is 6.02. The van der Waals surface area contributed by atoms with Crippen molar-refractivity contribution in [2.75, 3.05) is 6.54 Å². The number of aromatic nitrogens is 2. The van der Waals surface area contributed by atoms with Crippen LogP contribution in [-0.4, -0.2) is 33.0 Å². The second-order valence-corrected chi connectivity index (χ2v) is 4.74. The molecule has 1 rings (SSSR count). The van der Waals surface area contributed by atoms with E-state index in [1.54, 1.807) is 6.20 Å². The number of hydrogen-bond donors (Lipinski definition) is 3. The van der Waals surface area contributed by atoms with E-state index in [0.29, 0.717) is 13.0 Å². The summed E-state index contributed by atoms with van der Waals surface area (Å²) in [5.74, 6) is -0.0652. The zero-order chi connectivity index (χ0) is 14.4. The van der Waals surface area contributed by atoms with Crippen molar-refractivity contribution in [1.82, 2.24) is 14.9 Å². The molecular formula is C12H21N5O2. The molecule has 0 radical (unpaired) electrons. The molecule has 0 aliphatic rings. The summed E-state index contributed by atoms with van der Waals surface area (Å²) in [6.45, 7) is 4.16. The summed E-state index contributed by atoms with van der Waals surface area (Å²) in [6, 6.07) is 0. The molecule has 19 heavy (non-hydrogen) atoms. The van der Waals surface area contributed by atoms with Gasteiger partial charge in [0.1, 0.15) is 11.7 Å². The molecule has 1 aromatic heterocycles. The highest BCUT2D eigenvalue weighted by atomic mass is 16.4. The van der Waals surface area contributed by atoms with Crippen LogP contribution in [-0.2, 0) is 18.3 Å². The molecule has 7 nitrogen and oxygen atoms in total. The van der Waals surface area contributed by atoms with Crippen molar-refractivity contribution in [2.24, 2.45) is 29.8 Å². The van der Waals surface area contributed by atoms with Crippen LogP contribution in [0.25, 0.3) is 0 Å². The van der Waals surface area contributed by atoms with Crippen LogP contribution in [0.2, 0.25) is 0 Å². The molecule has 0 aromatic carbocycles. The van der Waals surface area contributed by atoms with Gasteiger partial charge in [0, 0.05) is 32.4 Å². The molecule has 1 amide bonds. The Bertz CT molecular complexity index is 453. The number of amides is 1. The van der Waals surface area contributed by atoms with Gasteiger partial charge in [-0.2, -0.15) is 0 Å². The highest BCUT2D eigenvalue weighted by Gasteiger charge is 2.26. The molecule has 7 heteroatoms. The number of carbonyl (C=O) groups excluding carboxylic acids is 1. The number of nitrogens with one attached hydrogen (secondary N) is 1. The second-order valence-electron chi connectivity index (χ2n) is 4.74. The zero-order valence-corrected chi connectivity index (χ0v) is 11.5. The van der Waals surface area contributed by atoms with E-state index in [0.717, 1.165) is 5.82 Å². The molecule has 4 N–H and O–H groups in total. The van der Waals surface area contributed by atoms with Crippen molar-refractivity contribution in [3.63, 3.8) is 0 Å². The van der Waals surface area contributed by atoms with E-state index in [2.05, 4.69) is 15.5 Å². The molecule has 0 saturated heterocycles. The Hall–Kier alpha value is -2.05. The number of nitrogens with zero attached hydrogens (tertiary/aromatic N) is 3. The van der Waals surface area contributed by atoms with Gasteiger partial charge in [-0.25, -0.2) is 4.98 Å². The van der Waals surface area contributed by atoms with E-state index in [1.807, 2.05) is 31.7 Å². The number of aryl methyl sites for hydroxylation is 1. The number of nitrogens with two attached hydrogens (primary N) is 1. The Morgan fingerprint density at radius 2 is 2.32 bits per heavy atom. The van der Waals surface area contributed by atoms with E-state index >= 15 is 0 Å². The average molecular weight is 267 g/mol. The standard InChI is InChI=1S/C12H21N5O2/c1-8(2)10(11(13)16-19)12(18)15-5-4-9-14-6-7-17(9)3/h6-8,10,19H,4-5H2,1-3H3,(H2,13,16)(H,15,18). The fraction of sp³-hybridized carbons (Fsp3) is 0.583. The molecule has 0 saturated carbocycles. The van der Waals surface area contributed by atoms with Crippen molar-refractivity contribution in [2.45, 2.75) is 20.3 Å². The maximum Gasteiger partial charge on any atom is 0.231 e. The quantitative estimate of drug-likeness (QED) is 0.294. The first-order chi connectivity index (χ1) is 8.97. The first kappa shape index (κ1) is 15.0. The highest BCUT2D eigenvalue weighted by Crippen LogP contribution is 2.11. The lowest BCUT2D eigenvalue weighted by Crippen LogP contribution is -2.42. The Balaban J connectivity index is 2.52. The lowest BCUT2D eigenvalue weighted by atomic mass is 9.94. The summed E-state index contributed by atoms with van der Waals surface area (Å²) >= 11 is 0. The molecule has 0 aliphatic carbocycles. The minimum Gasteiger partial charge on any atom is -0.409 e. The number of imidazole rings is 1. The van der Waals surface area contributed by atoms with Crippen LogP contribution in [0.1, 0.15) is 19.7 Å². The van der Waals surface area contributed by atoms with Gasteiger partial charge in [-0.15, -0.1) is 0 Å². The van der Waals surface area contributed by atoms with E-state index in [1.165, 1.54) is 0 Å². The largest absolute Gasteiger partial charge is 0.409 e. The lowest BCUT2D eigenvalue weighted by molar-refractivity contribution is -0.124. The molecular weight excluding hydrogens is 246 g/mol. The maximum atomic E-state index is 12.0. The minimum atomic E-state index is -0.619. The monoisotopic (exact) mass is 267 g/mol. The second kappa shape index (κ2) is 6.77. The summed E-state index contributed by atoms with van der Waals surface area (Å²) in [6.07, 6.45) is 4.20. The molecule has 0 spiro atoms. The van der Waals surface area contributed by atoms with Crippen LogP contribution in [0.15, 0.2) is 17.5 Å². The predicted octanol–water partition coefficient (Wildman–Crippen LogP) is 0.0974. The smallest absolute Gasteiger partial charge is 0.231 e.